The van der Waals surface area contributed by atoms with E-state index in [9.17, 15) is 5.11 Å². The second-order valence-corrected chi connectivity index (χ2v) is 3.84. The van der Waals surface area contributed by atoms with Gasteiger partial charge in [0, 0.05) is 5.92 Å². The summed E-state index contributed by atoms with van der Waals surface area (Å²) >= 11 is 4.16. The number of hydrogen-bond donors (Lipinski definition) is 2. The summed E-state index contributed by atoms with van der Waals surface area (Å²) in [7, 11) is 0. The average molecular weight is 142 g/mol. The monoisotopic (exact) mass is 142 g/mol. The molecule has 9 heavy (non-hydrogen) atoms. The topological polar surface area (TPSA) is 20.2 Å². The smallest absolute Gasteiger partial charge is 0.114 e. The van der Waals surface area contributed by atoms with E-state index in [0.717, 1.165) is 12.8 Å². The van der Waals surface area contributed by atoms with Crippen LogP contribution in [-0.2, 0) is 0 Å². The van der Waals surface area contributed by atoms with Crippen molar-refractivity contribution >= 4 is 12.6 Å². The highest BCUT2D eigenvalue weighted by Gasteiger charge is 2.44. The predicted molar refractivity (Wildman–Crippen MR) is 39.3 cm³/mol. The van der Waals surface area contributed by atoms with E-state index in [4.69, 9.17) is 0 Å². The molecule has 0 aromatic carbocycles. The van der Waals surface area contributed by atoms with Crippen molar-refractivity contribution in [3.05, 3.63) is 12.2 Å². The van der Waals surface area contributed by atoms with Crippen LogP contribution in [0.5, 0.6) is 0 Å². The van der Waals surface area contributed by atoms with E-state index >= 15 is 0 Å². The van der Waals surface area contributed by atoms with E-state index in [0.29, 0.717) is 11.8 Å². The Labute approximate surface area is 60.2 Å². The summed E-state index contributed by atoms with van der Waals surface area (Å²) in [4.78, 5) is -0.681. The molecule has 0 spiro atoms. The van der Waals surface area contributed by atoms with Crippen LogP contribution in [0.1, 0.15) is 12.8 Å². The lowest BCUT2D eigenvalue weighted by molar-refractivity contribution is 0.113. The number of fused-ring (bicyclic) bond motifs is 2. The van der Waals surface area contributed by atoms with Gasteiger partial charge in [-0.2, -0.15) is 0 Å². The molecule has 3 unspecified atom stereocenters. The molecule has 3 atom stereocenters. The second-order valence-electron chi connectivity index (χ2n) is 3.07. The van der Waals surface area contributed by atoms with Gasteiger partial charge >= 0.3 is 0 Å². The van der Waals surface area contributed by atoms with E-state index in [2.05, 4.69) is 24.8 Å². The molecular weight excluding hydrogens is 132 g/mol. The normalized spacial score (nSPS) is 54.9. The first-order valence-corrected chi connectivity index (χ1v) is 3.76. The minimum absolute atomic E-state index is 0.325. The van der Waals surface area contributed by atoms with Crippen LogP contribution in [0, 0.1) is 11.8 Å². The molecule has 2 bridgehead atoms. The van der Waals surface area contributed by atoms with Crippen molar-refractivity contribution in [2.24, 2.45) is 11.8 Å². The molecule has 2 aliphatic rings. The number of allylic oxidation sites excluding steroid dienone is 1. The summed E-state index contributed by atoms with van der Waals surface area (Å²) in [5.41, 5.74) is 0. The zero-order valence-corrected chi connectivity index (χ0v) is 6.01. The van der Waals surface area contributed by atoms with E-state index in [1.165, 1.54) is 0 Å². The van der Waals surface area contributed by atoms with Crippen molar-refractivity contribution in [3.8, 4) is 0 Å². The summed E-state index contributed by atoms with van der Waals surface area (Å²) in [6, 6.07) is 0. The Morgan fingerprint density at radius 1 is 1.56 bits per heavy atom. The highest BCUT2D eigenvalue weighted by atomic mass is 32.1. The quantitative estimate of drug-likeness (QED) is 0.296. The van der Waals surface area contributed by atoms with Crippen LogP contribution in [0.15, 0.2) is 12.2 Å². The lowest BCUT2D eigenvalue weighted by Crippen LogP contribution is -2.25. The van der Waals surface area contributed by atoms with Crippen LogP contribution in [0.3, 0.4) is 0 Å². The molecule has 0 radical (unpaired) electrons. The first-order chi connectivity index (χ1) is 4.18. The standard InChI is InChI=1S/C7H10OS/c8-7(9)4-5-1-2-6(7)3-5/h1-2,5-6,8-9H,3-4H2. The molecule has 2 heteroatoms. The van der Waals surface area contributed by atoms with E-state index in [1.54, 1.807) is 0 Å². The van der Waals surface area contributed by atoms with E-state index in [1.807, 2.05) is 0 Å². The molecule has 1 nitrogen and oxygen atoms in total. The third-order valence-electron chi connectivity index (χ3n) is 2.33. The molecule has 0 heterocycles. The van der Waals surface area contributed by atoms with Crippen LogP contribution >= 0.6 is 12.6 Å². The molecule has 0 aromatic heterocycles. The molecule has 1 saturated carbocycles. The maximum absolute atomic E-state index is 9.50. The molecule has 0 saturated heterocycles. The maximum atomic E-state index is 9.50. The zero-order chi connectivity index (χ0) is 6.48. The first-order valence-electron chi connectivity index (χ1n) is 3.31. The SMILES string of the molecule is OC1(S)CC2C=CC1C2. The summed E-state index contributed by atoms with van der Waals surface area (Å²) in [5.74, 6) is 0.934. The predicted octanol–water partition coefficient (Wildman–Crippen LogP) is 1.20. The van der Waals surface area contributed by atoms with Gasteiger partial charge in [0.2, 0.25) is 0 Å². The Balaban J connectivity index is 2.29. The van der Waals surface area contributed by atoms with Gasteiger partial charge in [-0.1, -0.05) is 12.2 Å². The van der Waals surface area contributed by atoms with Gasteiger partial charge in [-0.25, -0.2) is 0 Å². The fourth-order valence-electron chi connectivity index (χ4n) is 1.81. The lowest BCUT2D eigenvalue weighted by atomic mass is 10.0. The molecular formula is C7H10OS. The Morgan fingerprint density at radius 2 is 2.33 bits per heavy atom. The van der Waals surface area contributed by atoms with Crippen LogP contribution < -0.4 is 0 Å². The Morgan fingerprint density at radius 3 is 2.56 bits per heavy atom. The van der Waals surface area contributed by atoms with Gasteiger partial charge in [0.05, 0.1) is 0 Å². The third-order valence-corrected chi connectivity index (χ3v) is 2.84. The summed E-state index contributed by atoms with van der Waals surface area (Å²) in [5, 5.41) is 9.50. The van der Waals surface area contributed by atoms with Gasteiger partial charge in [0.25, 0.3) is 0 Å². The number of thiol groups is 1. The van der Waals surface area contributed by atoms with E-state index in [-0.39, 0.29) is 0 Å². The molecule has 0 aromatic rings. The van der Waals surface area contributed by atoms with Crippen molar-refractivity contribution in [2.45, 2.75) is 17.8 Å². The van der Waals surface area contributed by atoms with Crippen LogP contribution in [0.2, 0.25) is 0 Å². The van der Waals surface area contributed by atoms with Crippen molar-refractivity contribution in [2.75, 3.05) is 0 Å². The largest absolute Gasteiger partial charge is 0.379 e. The molecule has 2 rings (SSSR count). The third kappa shape index (κ3) is 0.733. The maximum Gasteiger partial charge on any atom is 0.114 e. The fourth-order valence-corrected chi connectivity index (χ4v) is 2.23. The van der Waals surface area contributed by atoms with Crippen LogP contribution in [0.25, 0.3) is 0 Å². The van der Waals surface area contributed by atoms with Crippen molar-refractivity contribution in [1.29, 1.82) is 0 Å². The Kier molecular flexibility index (Phi) is 1.00. The summed E-state index contributed by atoms with van der Waals surface area (Å²) < 4.78 is 0. The zero-order valence-electron chi connectivity index (χ0n) is 5.12. The number of aliphatic hydroxyl groups is 1. The van der Waals surface area contributed by atoms with E-state index < -0.39 is 4.93 Å². The summed E-state index contributed by atoms with van der Waals surface area (Å²) in [6.45, 7) is 0. The number of rotatable bonds is 0. The highest BCUT2D eigenvalue weighted by molar-refractivity contribution is 7.81. The average Bonchev–Trinajstić information content (AvgIpc) is 2.19. The van der Waals surface area contributed by atoms with Gasteiger partial charge < -0.3 is 5.11 Å². The van der Waals surface area contributed by atoms with Gasteiger partial charge in [0.15, 0.2) is 0 Å². The van der Waals surface area contributed by atoms with Gasteiger partial charge in [0.1, 0.15) is 4.93 Å². The van der Waals surface area contributed by atoms with Gasteiger partial charge in [-0.05, 0) is 18.8 Å². The Bertz CT molecular complexity index is 162. The lowest BCUT2D eigenvalue weighted by Gasteiger charge is -2.22. The molecule has 50 valence electrons. The highest BCUT2D eigenvalue weighted by Crippen LogP contribution is 2.47. The van der Waals surface area contributed by atoms with Crippen LogP contribution in [0.4, 0.5) is 0 Å². The summed E-state index contributed by atoms with van der Waals surface area (Å²) in [6.07, 6.45) is 6.23. The van der Waals surface area contributed by atoms with Gasteiger partial charge in [-0.15, -0.1) is 12.6 Å². The fraction of sp³-hybridized carbons (Fsp3) is 0.714. The molecule has 1 fully saturated rings. The van der Waals surface area contributed by atoms with Crippen molar-refractivity contribution in [1.82, 2.24) is 0 Å². The van der Waals surface area contributed by atoms with Crippen molar-refractivity contribution in [3.63, 3.8) is 0 Å². The second kappa shape index (κ2) is 1.55. The molecule has 0 amide bonds. The van der Waals surface area contributed by atoms with Gasteiger partial charge in [-0.3, -0.25) is 0 Å². The van der Waals surface area contributed by atoms with Crippen LogP contribution in [-0.4, -0.2) is 10.0 Å². The minimum Gasteiger partial charge on any atom is -0.379 e. The van der Waals surface area contributed by atoms with Crippen molar-refractivity contribution < 1.29 is 5.11 Å². The molecule has 2 aliphatic carbocycles. The minimum atomic E-state index is -0.681. The molecule has 0 aliphatic heterocycles. The number of hydrogen-bond acceptors (Lipinski definition) is 2. The Hall–Kier alpha value is 0.0500. The first kappa shape index (κ1) is 5.81. The molecule has 1 N–H and O–H groups in total.